The first-order chi connectivity index (χ1) is 16.3. The van der Waals surface area contributed by atoms with Crippen molar-refractivity contribution in [1.82, 2.24) is 29.9 Å². The molecule has 0 atom stereocenters. The zero-order chi connectivity index (χ0) is 25.7. The predicted molar refractivity (Wildman–Crippen MR) is 144 cm³/mol. The van der Waals surface area contributed by atoms with E-state index in [-0.39, 0.29) is 10.6 Å². The van der Waals surface area contributed by atoms with E-state index >= 15 is 0 Å². The maximum atomic E-state index is 5.95. The second-order valence-electron chi connectivity index (χ2n) is 7.10. The minimum absolute atomic E-state index is 0.254. The third-order valence-electron chi connectivity index (χ3n) is 5.35. The Morgan fingerprint density at radius 2 is 0.559 bits per heavy atom. The van der Waals surface area contributed by atoms with Crippen LogP contribution in [0.3, 0.4) is 0 Å². The molecule has 0 radical (unpaired) electrons. The van der Waals surface area contributed by atoms with Crippen molar-refractivity contribution < 1.29 is 0 Å². The van der Waals surface area contributed by atoms with Gasteiger partial charge in [0.15, 0.2) is 0 Å². The van der Waals surface area contributed by atoms with Crippen LogP contribution in [0, 0.1) is 0 Å². The molecule has 192 valence electrons. The number of anilines is 4. The topological polar surface area (TPSA) is 90.3 Å². The van der Waals surface area contributed by atoms with Gasteiger partial charge in [-0.1, -0.05) is 0 Å². The van der Waals surface area contributed by atoms with Crippen LogP contribution in [0.5, 0.6) is 0 Å². The molecule has 0 N–H and O–H groups in total. The fourth-order valence-corrected chi connectivity index (χ4v) is 3.55. The molecule has 0 unspecified atom stereocenters. The smallest absolute Gasteiger partial charge is 0.231 e. The van der Waals surface area contributed by atoms with Gasteiger partial charge in [0, 0.05) is 52.4 Å². The van der Waals surface area contributed by atoms with Gasteiger partial charge in [-0.2, -0.15) is 29.9 Å². The van der Waals surface area contributed by atoms with Crippen LogP contribution in [0.15, 0.2) is 0 Å². The first-order valence-electron chi connectivity index (χ1n) is 12.1. The Morgan fingerprint density at radius 1 is 0.382 bits per heavy atom. The van der Waals surface area contributed by atoms with Gasteiger partial charge < -0.3 is 19.6 Å². The maximum absolute atomic E-state index is 5.95. The van der Waals surface area contributed by atoms with E-state index < -0.39 is 0 Å². The maximum Gasteiger partial charge on any atom is 0.231 e. The van der Waals surface area contributed by atoms with Gasteiger partial charge in [-0.15, -0.1) is 0 Å². The number of aromatic nitrogens is 6. The van der Waals surface area contributed by atoms with Crippen LogP contribution in [0.4, 0.5) is 23.8 Å². The summed E-state index contributed by atoms with van der Waals surface area (Å²) in [5.41, 5.74) is 0. The van der Waals surface area contributed by atoms with Crippen molar-refractivity contribution in [3.8, 4) is 0 Å². The molecule has 34 heavy (non-hydrogen) atoms. The van der Waals surface area contributed by atoms with Gasteiger partial charge in [-0.25, -0.2) is 0 Å². The number of halogens is 2. The fourth-order valence-electron chi connectivity index (χ4n) is 3.25. The Morgan fingerprint density at radius 3 is 0.706 bits per heavy atom. The van der Waals surface area contributed by atoms with Crippen molar-refractivity contribution in [1.29, 1.82) is 0 Å². The van der Waals surface area contributed by atoms with Crippen molar-refractivity contribution in [2.45, 2.75) is 55.4 Å². The lowest BCUT2D eigenvalue weighted by Crippen LogP contribution is -2.28. The van der Waals surface area contributed by atoms with Crippen molar-refractivity contribution in [2.75, 3.05) is 72.0 Å². The van der Waals surface area contributed by atoms with E-state index in [2.05, 4.69) is 105 Å². The summed E-state index contributed by atoms with van der Waals surface area (Å²) >= 11 is 11.9. The Hall–Kier alpha value is -2.20. The van der Waals surface area contributed by atoms with Crippen LogP contribution in [-0.2, 0) is 0 Å². The van der Waals surface area contributed by atoms with Crippen molar-refractivity contribution >= 4 is 47.0 Å². The Bertz CT molecular complexity index is 708. The van der Waals surface area contributed by atoms with Gasteiger partial charge in [0.1, 0.15) is 0 Å². The molecule has 10 nitrogen and oxygen atoms in total. The highest BCUT2D eigenvalue weighted by molar-refractivity contribution is 6.28. The molecule has 2 aromatic heterocycles. The summed E-state index contributed by atoms with van der Waals surface area (Å²) in [6.07, 6.45) is 0. The minimum Gasteiger partial charge on any atom is -0.341 e. The zero-order valence-corrected chi connectivity index (χ0v) is 23.4. The number of hydrogen-bond donors (Lipinski definition) is 0. The van der Waals surface area contributed by atoms with Crippen molar-refractivity contribution in [3.05, 3.63) is 10.6 Å². The van der Waals surface area contributed by atoms with E-state index in [1.54, 1.807) is 0 Å². The van der Waals surface area contributed by atoms with Gasteiger partial charge in [-0.3, -0.25) is 0 Å². The molecule has 0 spiro atoms. The van der Waals surface area contributed by atoms with E-state index in [9.17, 15) is 0 Å². The normalized spacial score (nSPS) is 10.4. The molecule has 0 aliphatic heterocycles. The molecule has 2 heterocycles. The third-order valence-corrected chi connectivity index (χ3v) is 5.69. The molecule has 0 bridgehead atoms. The molecule has 2 rings (SSSR count). The highest BCUT2D eigenvalue weighted by Crippen LogP contribution is 2.17. The number of rotatable bonds is 12. The van der Waals surface area contributed by atoms with Crippen LogP contribution in [0.25, 0.3) is 0 Å². The molecule has 0 aliphatic carbocycles. The molecule has 0 aromatic carbocycles. The second kappa shape index (κ2) is 15.7. The Labute approximate surface area is 214 Å². The first-order valence-corrected chi connectivity index (χ1v) is 12.9. The zero-order valence-electron chi connectivity index (χ0n) is 21.9. The van der Waals surface area contributed by atoms with Crippen LogP contribution < -0.4 is 19.6 Å². The molecule has 12 heteroatoms. The molecule has 0 amide bonds. The SMILES string of the molecule is CCN(CC)c1nc(Cl)nc(N(CC)CC)n1.CCN(CC)c1nc(Cl)nc(N(CC)CC)n1. The average molecular weight is 516 g/mol. The monoisotopic (exact) mass is 514 g/mol. The van der Waals surface area contributed by atoms with E-state index in [0.29, 0.717) is 23.8 Å². The molecule has 0 aliphatic rings. The summed E-state index contributed by atoms with van der Waals surface area (Å²) < 4.78 is 0. The molecule has 0 fully saturated rings. The molecule has 2 aromatic rings. The van der Waals surface area contributed by atoms with E-state index in [1.807, 2.05) is 0 Å². The first kappa shape index (κ1) is 29.8. The second-order valence-corrected chi connectivity index (χ2v) is 7.77. The van der Waals surface area contributed by atoms with E-state index in [1.165, 1.54) is 0 Å². The Balaban J connectivity index is 0.000000340. The summed E-state index contributed by atoms with van der Waals surface area (Å²) in [5, 5.41) is 0.507. The molecule has 0 saturated heterocycles. The Kier molecular flexibility index (Phi) is 13.7. The van der Waals surface area contributed by atoms with Crippen molar-refractivity contribution in [2.24, 2.45) is 0 Å². The van der Waals surface area contributed by atoms with Gasteiger partial charge in [-0.05, 0) is 78.6 Å². The van der Waals surface area contributed by atoms with Crippen LogP contribution in [0.1, 0.15) is 55.4 Å². The van der Waals surface area contributed by atoms with E-state index in [0.717, 1.165) is 52.4 Å². The quantitative estimate of drug-likeness (QED) is 0.404. The molecular weight excluding hydrogens is 475 g/mol. The summed E-state index contributed by atoms with van der Waals surface area (Å²) in [6, 6.07) is 0. The van der Waals surface area contributed by atoms with Gasteiger partial charge in [0.2, 0.25) is 34.4 Å². The standard InChI is InChI=1S/2C11H20ClN5/c2*1-5-16(6-2)10-13-9(12)14-11(15-10)17(7-3)8-4/h2*5-8H2,1-4H3. The van der Waals surface area contributed by atoms with Crippen LogP contribution in [-0.4, -0.2) is 82.3 Å². The lowest BCUT2D eigenvalue weighted by atomic mass is 10.5. The molecule has 0 saturated carbocycles. The van der Waals surface area contributed by atoms with E-state index in [4.69, 9.17) is 23.2 Å². The highest BCUT2D eigenvalue weighted by atomic mass is 35.5. The lowest BCUT2D eigenvalue weighted by molar-refractivity contribution is 0.776. The third kappa shape index (κ3) is 8.54. The highest BCUT2D eigenvalue weighted by Gasteiger charge is 2.14. The lowest BCUT2D eigenvalue weighted by Gasteiger charge is -2.22. The predicted octanol–water partition coefficient (Wildman–Crippen LogP) is 4.43. The van der Waals surface area contributed by atoms with Gasteiger partial charge >= 0.3 is 0 Å². The summed E-state index contributed by atoms with van der Waals surface area (Å²) in [5.74, 6) is 2.60. The molecular formula is C22H40Cl2N10. The van der Waals surface area contributed by atoms with Crippen molar-refractivity contribution in [3.63, 3.8) is 0 Å². The van der Waals surface area contributed by atoms with Crippen LogP contribution >= 0.6 is 23.2 Å². The van der Waals surface area contributed by atoms with Gasteiger partial charge in [0.25, 0.3) is 0 Å². The fraction of sp³-hybridized carbons (Fsp3) is 0.727. The minimum atomic E-state index is 0.254. The average Bonchev–Trinajstić information content (AvgIpc) is 2.82. The van der Waals surface area contributed by atoms with Gasteiger partial charge in [0.05, 0.1) is 0 Å². The number of nitrogens with zero attached hydrogens (tertiary/aromatic N) is 10. The largest absolute Gasteiger partial charge is 0.341 e. The summed E-state index contributed by atoms with van der Waals surface area (Å²) in [7, 11) is 0. The van der Waals surface area contributed by atoms with Crippen LogP contribution in [0.2, 0.25) is 10.6 Å². The number of hydrogen-bond acceptors (Lipinski definition) is 10. The summed E-state index contributed by atoms with van der Waals surface area (Å²) in [4.78, 5) is 33.8. The summed E-state index contributed by atoms with van der Waals surface area (Å²) in [6.45, 7) is 23.4.